The summed E-state index contributed by atoms with van der Waals surface area (Å²) in [5.74, 6) is -0.459. The number of non-ortho nitro benzene ring substituents is 1. The summed E-state index contributed by atoms with van der Waals surface area (Å²) in [6.45, 7) is 1.48. The predicted octanol–water partition coefficient (Wildman–Crippen LogP) is 2.83. The van der Waals surface area contributed by atoms with Crippen molar-refractivity contribution in [3.8, 4) is 17.1 Å². The molecule has 1 heterocycles. The second kappa shape index (κ2) is 7.93. The smallest absolute Gasteiger partial charge is 0.273 e. The normalized spacial score (nSPS) is 12.5. The number of hydrogen-bond acceptors (Lipinski definition) is 8. The van der Waals surface area contributed by atoms with Gasteiger partial charge in [-0.15, -0.1) is 0 Å². The van der Waals surface area contributed by atoms with Gasteiger partial charge in [-0.1, -0.05) is 5.16 Å². The second-order valence-corrected chi connectivity index (χ2v) is 7.58. The van der Waals surface area contributed by atoms with E-state index in [0.717, 1.165) is 18.2 Å². The molecule has 0 saturated carbocycles. The monoisotopic (exact) mass is 422 g/mol. The van der Waals surface area contributed by atoms with Crippen molar-refractivity contribution in [1.82, 2.24) is 14.9 Å². The Morgan fingerprint density at radius 2 is 1.93 bits per heavy atom. The Morgan fingerprint density at radius 3 is 2.55 bits per heavy atom. The first-order valence-electron chi connectivity index (χ1n) is 8.15. The molecule has 1 unspecified atom stereocenters. The average Bonchev–Trinajstić information content (AvgIpc) is 3.18. The Kier molecular flexibility index (Phi) is 5.57. The van der Waals surface area contributed by atoms with Gasteiger partial charge in [0.1, 0.15) is 16.5 Å². The van der Waals surface area contributed by atoms with Crippen LogP contribution in [0.3, 0.4) is 0 Å². The molecule has 1 N–H and O–H groups in total. The molecule has 0 aliphatic carbocycles. The minimum absolute atomic E-state index is 0.0196. The van der Waals surface area contributed by atoms with Gasteiger partial charge < -0.3 is 9.26 Å². The van der Waals surface area contributed by atoms with Crippen molar-refractivity contribution in [3.05, 3.63) is 64.3 Å². The molecule has 3 aromatic rings. The van der Waals surface area contributed by atoms with Gasteiger partial charge in [0.05, 0.1) is 24.1 Å². The zero-order valence-electron chi connectivity index (χ0n) is 15.2. The van der Waals surface area contributed by atoms with Crippen LogP contribution in [0.1, 0.15) is 18.9 Å². The molecular formula is C17H15FN4O6S. The fourth-order valence-corrected chi connectivity index (χ4v) is 3.81. The third-order valence-corrected chi connectivity index (χ3v) is 5.47. The Bertz CT molecular complexity index is 1150. The molecule has 152 valence electrons. The first kappa shape index (κ1) is 20.4. The zero-order valence-corrected chi connectivity index (χ0v) is 16.0. The van der Waals surface area contributed by atoms with Crippen LogP contribution < -0.4 is 9.46 Å². The van der Waals surface area contributed by atoms with Crippen LogP contribution in [0.5, 0.6) is 5.75 Å². The Morgan fingerprint density at radius 1 is 1.24 bits per heavy atom. The molecular weight excluding hydrogens is 407 g/mol. The fraction of sp³-hybridized carbons (Fsp3) is 0.176. The highest BCUT2D eigenvalue weighted by Crippen LogP contribution is 2.29. The van der Waals surface area contributed by atoms with Crippen molar-refractivity contribution < 1.29 is 27.0 Å². The van der Waals surface area contributed by atoms with Crippen molar-refractivity contribution in [2.45, 2.75) is 17.9 Å². The first-order valence-corrected chi connectivity index (χ1v) is 9.64. The molecule has 29 heavy (non-hydrogen) atoms. The van der Waals surface area contributed by atoms with E-state index in [0.29, 0.717) is 5.56 Å². The van der Waals surface area contributed by atoms with Crippen LogP contribution in [0, 0.1) is 15.9 Å². The van der Waals surface area contributed by atoms with Crippen LogP contribution in [-0.2, 0) is 10.0 Å². The highest BCUT2D eigenvalue weighted by molar-refractivity contribution is 7.89. The number of methoxy groups -OCH3 is 1. The third-order valence-electron chi connectivity index (χ3n) is 3.89. The molecule has 12 heteroatoms. The number of hydrogen-bond donors (Lipinski definition) is 1. The second-order valence-electron chi connectivity index (χ2n) is 5.90. The van der Waals surface area contributed by atoms with E-state index in [4.69, 9.17) is 9.26 Å². The molecule has 0 bridgehead atoms. The van der Waals surface area contributed by atoms with E-state index in [1.54, 1.807) is 0 Å². The summed E-state index contributed by atoms with van der Waals surface area (Å²) in [4.78, 5) is 14.0. The highest BCUT2D eigenvalue weighted by Gasteiger charge is 2.27. The summed E-state index contributed by atoms with van der Waals surface area (Å²) in [5, 5.41) is 14.6. The molecule has 0 spiro atoms. The van der Waals surface area contributed by atoms with Gasteiger partial charge in [-0.25, -0.2) is 12.8 Å². The van der Waals surface area contributed by atoms with Gasteiger partial charge in [0.15, 0.2) is 0 Å². The minimum atomic E-state index is -4.13. The Labute approximate surface area is 164 Å². The Balaban J connectivity index is 1.84. The largest absolute Gasteiger partial charge is 0.495 e. The molecule has 0 amide bonds. The lowest BCUT2D eigenvalue weighted by atomic mass is 10.2. The topological polar surface area (TPSA) is 137 Å². The molecule has 2 aromatic carbocycles. The molecule has 1 atom stereocenters. The minimum Gasteiger partial charge on any atom is -0.495 e. The van der Waals surface area contributed by atoms with Crippen LogP contribution in [-0.4, -0.2) is 30.6 Å². The zero-order chi connectivity index (χ0) is 21.2. The number of nitro groups is 1. The number of nitrogens with one attached hydrogen (secondary N) is 1. The number of sulfonamides is 1. The van der Waals surface area contributed by atoms with Gasteiger partial charge in [-0.3, -0.25) is 10.1 Å². The van der Waals surface area contributed by atoms with E-state index in [1.165, 1.54) is 38.3 Å². The van der Waals surface area contributed by atoms with Gasteiger partial charge >= 0.3 is 0 Å². The number of halogens is 1. The maximum absolute atomic E-state index is 13.0. The summed E-state index contributed by atoms with van der Waals surface area (Å²) < 4.78 is 50.8. The number of nitrogens with zero attached hydrogens (tertiary/aromatic N) is 3. The van der Waals surface area contributed by atoms with Crippen LogP contribution >= 0.6 is 0 Å². The maximum Gasteiger partial charge on any atom is 0.273 e. The lowest BCUT2D eigenvalue weighted by Gasteiger charge is -2.13. The van der Waals surface area contributed by atoms with E-state index >= 15 is 0 Å². The number of aromatic nitrogens is 2. The quantitative estimate of drug-likeness (QED) is 0.453. The third kappa shape index (κ3) is 4.38. The lowest BCUT2D eigenvalue weighted by Crippen LogP contribution is -2.27. The van der Waals surface area contributed by atoms with Crippen LogP contribution in [0.4, 0.5) is 10.1 Å². The molecule has 0 aliphatic rings. The van der Waals surface area contributed by atoms with Gasteiger partial charge in [-0.2, -0.15) is 9.71 Å². The number of nitro benzene ring substituents is 1. The summed E-state index contributed by atoms with van der Waals surface area (Å²) in [5.41, 5.74) is 0.184. The van der Waals surface area contributed by atoms with Gasteiger partial charge in [0.25, 0.3) is 5.69 Å². The van der Waals surface area contributed by atoms with Crippen LogP contribution in [0.25, 0.3) is 11.4 Å². The molecule has 0 aliphatic heterocycles. The molecule has 0 radical (unpaired) electrons. The summed E-state index contributed by atoms with van der Waals surface area (Å²) in [6.07, 6.45) is 0. The predicted molar refractivity (Wildman–Crippen MR) is 98.1 cm³/mol. The van der Waals surface area contributed by atoms with Gasteiger partial charge in [0.2, 0.25) is 21.7 Å². The van der Waals surface area contributed by atoms with E-state index in [-0.39, 0.29) is 28.0 Å². The van der Waals surface area contributed by atoms with E-state index < -0.39 is 26.8 Å². The molecule has 1 aromatic heterocycles. The molecule has 0 fully saturated rings. The van der Waals surface area contributed by atoms with Crippen LogP contribution in [0.15, 0.2) is 51.9 Å². The summed E-state index contributed by atoms with van der Waals surface area (Å²) in [6, 6.07) is 7.61. The number of ether oxygens (including phenoxy) is 1. The van der Waals surface area contributed by atoms with E-state index in [2.05, 4.69) is 14.9 Å². The Hall–Kier alpha value is -3.38. The fourth-order valence-electron chi connectivity index (χ4n) is 2.47. The summed E-state index contributed by atoms with van der Waals surface area (Å²) in [7, 11) is -2.93. The maximum atomic E-state index is 13.0. The van der Waals surface area contributed by atoms with Gasteiger partial charge in [0, 0.05) is 11.6 Å². The van der Waals surface area contributed by atoms with Crippen molar-refractivity contribution in [1.29, 1.82) is 0 Å². The van der Waals surface area contributed by atoms with E-state index in [9.17, 15) is 22.9 Å². The van der Waals surface area contributed by atoms with Crippen molar-refractivity contribution in [2.75, 3.05) is 7.11 Å². The first-order chi connectivity index (χ1) is 13.7. The lowest BCUT2D eigenvalue weighted by molar-refractivity contribution is -0.385. The molecule has 10 nitrogen and oxygen atoms in total. The summed E-state index contributed by atoms with van der Waals surface area (Å²) >= 11 is 0. The van der Waals surface area contributed by atoms with E-state index in [1.807, 2.05) is 0 Å². The highest BCUT2D eigenvalue weighted by atomic mass is 32.2. The molecule has 0 saturated heterocycles. The molecule has 3 rings (SSSR count). The van der Waals surface area contributed by atoms with Crippen LogP contribution in [0.2, 0.25) is 0 Å². The standard InChI is InChI=1S/C17H15FN4O6S/c1-10(17-19-16(20-28-17)11-3-5-12(18)6-4-11)21-29(25,26)15-8-7-13(22(23)24)9-14(15)27-2/h3-10,21H,1-2H3. The van der Waals surface area contributed by atoms with Crippen molar-refractivity contribution in [3.63, 3.8) is 0 Å². The number of benzene rings is 2. The van der Waals surface area contributed by atoms with Crippen molar-refractivity contribution >= 4 is 15.7 Å². The van der Waals surface area contributed by atoms with Gasteiger partial charge in [-0.05, 0) is 37.3 Å². The average molecular weight is 422 g/mol. The SMILES string of the molecule is COc1cc([N+](=O)[O-])ccc1S(=O)(=O)NC(C)c1nc(-c2ccc(F)cc2)no1. The van der Waals surface area contributed by atoms with Crippen molar-refractivity contribution in [2.24, 2.45) is 0 Å². The number of rotatable bonds is 7.